The van der Waals surface area contributed by atoms with Crippen molar-refractivity contribution < 1.29 is 14.7 Å². The zero-order valence-corrected chi connectivity index (χ0v) is 10.4. The molecule has 0 aromatic rings. The summed E-state index contributed by atoms with van der Waals surface area (Å²) < 4.78 is 0. The molecule has 98 valence electrons. The summed E-state index contributed by atoms with van der Waals surface area (Å²) in [7, 11) is 0. The minimum Gasteiger partial charge on any atom is -0.480 e. The van der Waals surface area contributed by atoms with Gasteiger partial charge in [-0.2, -0.15) is 0 Å². The van der Waals surface area contributed by atoms with E-state index < -0.39 is 5.97 Å². The van der Waals surface area contributed by atoms with Gasteiger partial charge in [-0.15, -0.1) is 0 Å². The number of nitrogens with zero attached hydrogens (tertiary/aromatic N) is 1. The van der Waals surface area contributed by atoms with Gasteiger partial charge < -0.3 is 15.3 Å². The van der Waals surface area contributed by atoms with Gasteiger partial charge in [0, 0.05) is 12.6 Å². The van der Waals surface area contributed by atoms with E-state index in [4.69, 9.17) is 5.11 Å². The molecule has 1 fully saturated rings. The normalized spacial score (nSPS) is 17.2. The lowest BCUT2D eigenvalue weighted by molar-refractivity contribution is -0.137. The first-order chi connectivity index (χ1) is 8.13. The molecule has 1 saturated carbocycles. The SMILES string of the molecule is CCN(CC(=O)O)C(=O)NC1CCCCCC1. The van der Waals surface area contributed by atoms with Crippen LogP contribution in [0.4, 0.5) is 4.79 Å². The predicted octanol–water partition coefficient (Wildman–Crippen LogP) is 1.83. The van der Waals surface area contributed by atoms with Crippen LogP contribution < -0.4 is 5.32 Å². The van der Waals surface area contributed by atoms with Crippen molar-refractivity contribution in [3.05, 3.63) is 0 Å². The molecule has 5 nitrogen and oxygen atoms in total. The van der Waals surface area contributed by atoms with Crippen LogP contribution in [0.15, 0.2) is 0 Å². The van der Waals surface area contributed by atoms with E-state index in [1.54, 1.807) is 6.92 Å². The molecule has 0 bridgehead atoms. The van der Waals surface area contributed by atoms with Gasteiger partial charge in [0.1, 0.15) is 6.54 Å². The number of carbonyl (C=O) groups excluding carboxylic acids is 1. The summed E-state index contributed by atoms with van der Waals surface area (Å²) in [5, 5.41) is 11.6. The number of nitrogens with one attached hydrogen (secondary N) is 1. The number of likely N-dealkylation sites (N-methyl/N-ethyl adjacent to an activating group) is 1. The molecule has 1 aliphatic rings. The Bertz CT molecular complexity index is 260. The van der Waals surface area contributed by atoms with Crippen LogP contribution >= 0.6 is 0 Å². The number of carbonyl (C=O) groups is 2. The van der Waals surface area contributed by atoms with Crippen molar-refractivity contribution in [1.82, 2.24) is 10.2 Å². The van der Waals surface area contributed by atoms with E-state index in [9.17, 15) is 9.59 Å². The lowest BCUT2D eigenvalue weighted by Gasteiger charge is -2.23. The van der Waals surface area contributed by atoms with Crippen molar-refractivity contribution >= 4 is 12.0 Å². The molecule has 0 aromatic heterocycles. The summed E-state index contributed by atoms with van der Waals surface area (Å²) in [6.07, 6.45) is 6.79. The average molecular weight is 242 g/mol. The number of carboxylic acid groups (broad SMARTS) is 1. The molecule has 17 heavy (non-hydrogen) atoms. The highest BCUT2D eigenvalue weighted by Gasteiger charge is 2.19. The number of carboxylic acids is 1. The third kappa shape index (κ3) is 5.06. The number of aliphatic carboxylic acids is 1. The van der Waals surface area contributed by atoms with Gasteiger partial charge in [0.05, 0.1) is 0 Å². The van der Waals surface area contributed by atoms with E-state index >= 15 is 0 Å². The van der Waals surface area contributed by atoms with Crippen molar-refractivity contribution in [2.45, 2.75) is 51.5 Å². The molecule has 0 radical (unpaired) electrons. The number of hydrogen-bond acceptors (Lipinski definition) is 2. The number of amides is 2. The highest BCUT2D eigenvalue weighted by atomic mass is 16.4. The summed E-state index contributed by atoms with van der Waals surface area (Å²) in [5.41, 5.74) is 0. The third-order valence-corrected chi connectivity index (χ3v) is 3.18. The number of hydrogen-bond donors (Lipinski definition) is 2. The third-order valence-electron chi connectivity index (χ3n) is 3.18. The van der Waals surface area contributed by atoms with Crippen LogP contribution in [-0.4, -0.2) is 41.1 Å². The largest absolute Gasteiger partial charge is 0.480 e. The Balaban J connectivity index is 2.41. The molecular weight excluding hydrogens is 220 g/mol. The maximum absolute atomic E-state index is 11.8. The zero-order chi connectivity index (χ0) is 12.7. The van der Waals surface area contributed by atoms with E-state index in [0.29, 0.717) is 6.54 Å². The summed E-state index contributed by atoms with van der Waals surface area (Å²) in [6, 6.07) is -0.0327. The zero-order valence-electron chi connectivity index (χ0n) is 10.4. The molecular formula is C12H22N2O3. The van der Waals surface area contributed by atoms with Crippen LogP contribution in [0.3, 0.4) is 0 Å². The van der Waals surface area contributed by atoms with Crippen LogP contribution in [0, 0.1) is 0 Å². The lowest BCUT2D eigenvalue weighted by atomic mass is 10.1. The summed E-state index contributed by atoms with van der Waals surface area (Å²) in [4.78, 5) is 23.8. The van der Waals surface area contributed by atoms with Crippen LogP contribution in [0.2, 0.25) is 0 Å². The van der Waals surface area contributed by atoms with Crippen molar-refractivity contribution in [2.75, 3.05) is 13.1 Å². The van der Waals surface area contributed by atoms with Gasteiger partial charge in [-0.25, -0.2) is 4.79 Å². The fourth-order valence-corrected chi connectivity index (χ4v) is 2.18. The van der Waals surface area contributed by atoms with Crippen molar-refractivity contribution in [2.24, 2.45) is 0 Å². The first kappa shape index (κ1) is 13.8. The van der Waals surface area contributed by atoms with E-state index in [1.165, 1.54) is 17.7 Å². The maximum Gasteiger partial charge on any atom is 0.323 e. The van der Waals surface area contributed by atoms with Crippen LogP contribution in [0.5, 0.6) is 0 Å². The monoisotopic (exact) mass is 242 g/mol. The fraction of sp³-hybridized carbons (Fsp3) is 0.833. The van der Waals surface area contributed by atoms with Crippen molar-refractivity contribution in [3.63, 3.8) is 0 Å². The number of urea groups is 1. The van der Waals surface area contributed by atoms with E-state index in [0.717, 1.165) is 25.7 Å². The van der Waals surface area contributed by atoms with Gasteiger partial charge in [-0.1, -0.05) is 25.7 Å². The Morgan fingerprint density at radius 1 is 1.24 bits per heavy atom. The molecule has 0 heterocycles. The van der Waals surface area contributed by atoms with Crippen molar-refractivity contribution in [3.8, 4) is 0 Å². The van der Waals surface area contributed by atoms with Gasteiger partial charge in [-0.3, -0.25) is 4.79 Å². The molecule has 0 spiro atoms. The second-order valence-electron chi connectivity index (χ2n) is 4.55. The molecule has 0 saturated heterocycles. The summed E-state index contributed by atoms with van der Waals surface area (Å²) >= 11 is 0. The molecule has 0 unspecified atom stereocenters. The molecule has 2 amide bonds. The highest BCUT2D eigenvalue weighted by molar-refractivity contribution is 5.80. The van der Waals surface area contributed by atoms with Crippen molar-refractivity contribution in [1.29, 1.82) is 0 Å². The summed E-state index contributed by atoms with van der Waals surface area (Å²) in [5.74, 6) is -0.970. The number of rotatable bonds is 4. The van der Waals surface area contributed by atoms with Crippen LogP contribution in [0.25, 0.3) is 0 Å². The first-order valence-electron chi connectivity index (χ1n) is 6.40. The minimum absolute atomic E-state index is 0.216. The van der Waals surface area contributed by atoms with E-state index in [2.05, 4.69) is 5.32 Å². The quantitative estimate of drug-likeness (QED) is 0.739. The lowest BCUT2D eigenvalue weighted by Crippen LogP contribution is -2.46. The Morgan fingerprint density at radius 3 is 2.29 bits per heavy atom. The molecule has 0 aromatic carbocycles. The Kier molecular flexibility index (Phi) is 5.80. The minimum atomic E-state index is -0.970. The molecule has 2 N–H and O–H groups in total. The topological polar surface area (TPSA) is 69.6 Å². The molecule has 1 aliphatic carbocycles. The average Bonchev–Trinajstić information content (AvgIpc) is 2.54. The van der Waals surface area contributed by atoms with Gasteiger partial charge >= 0.3 is 12.0 Å². The fourth-order valence-electron chi connectivity index (χ4n) is 2.18. The second kappa shape index (κ2) is 7.14. The Labute approximate surface area is 102 Å². The van der Waals surface area contributed by atoms with Crippen LogP contribution in [-0.2, 0) is 4.79 Å². The Morgan fingerprint density at radius 2 is 1.82 bits per heavy atom. The van der Waals surface area contributed by atoms with Gasteiger partial charge in [-0.05, 0) is 19.8 Å². The highest BCUT2D eigenvalue weighted by Crippen LogP contribution is 2.17. The van der Waals surface area contributed by atoms with Crippen LogP contribution in [0.1, 0.15) is 45.4 Å². The Hall–Kier alpha value is -1.26. The summed E-state index contributed by atoms with van der Waals surface area (Å²) in [6.45, 7) is 1.98. The van der Waals surface area contributed by atoms with E-state index in [-0.39, 0.29) is 18.6 Å². The second-order valence-corrected chi connectivity index (χ2v) is 4.55. The smallest absolute Gasteiger partial charge is 0.323 e. The van der Waals surface area contributed by atoms with Gasteiger partial charge in [0.2, 0.25) is 0 Å². The molecule has 5 heteroatoms. The molecule has 0 aliphatic heterocycles. The van der Waals surface area contributed by atoms with Gasteiger partial charge in [0.25, 0.3) is 0 Å². The van der Waals surface area contributed by atoms with Gasteiger partial charge in [0.15, 0.2) is 0 Å². The standard InChI is InChI=1S/C12H22N2O3/c1-2-14(9-11(15)16)12(17)13-10-7-5-3-4-6-8-10/h10H,2-9H2,1H3,(H,13,17)(H,15,16). The molecule has 0 atom stereocenters. The maximum atomic E-state index is 11.8. The van der Waals surface area contributed by atoms with E-state index in [1.807, 2.05) is 0 Å². The first-order valence-corrected chi connectivity index (χ1v) is 6.40. The predicted molar refractivity (Wildman–Crippen MR) is 64.9 cm³/mol. The molecule has 1 rings (SSSR count).